The first-order valence-corrected chi connectivity index (χ1v) is 2.64. The van der Waals surface area contributed by atoms with Gasteiger partial charge in [-0.05, 0) is 6.92 Å². The van der Waals surface area contributed by atoms with Crippen LogP contribution in [0.4, 0.5) is 0 Å². The zero-order chi connectivity index (χ0) is 6.62. The van der Waals surface area contributed by atoms with Crippen LogP contribution in [0.15, 0.2) is 0 Å². The lowest BCUT2D eigenvalue weighted by Crippen LogP contribution is -2.43. The van der Waals surface area contributed by atoms with Gasteiger partial charge >= 0.3 is 0 Å². The van der Waals surface area contributed by atoms with Crippen LogP contribution in [0.25, 0.3) is 0 Å². The van der Waals surface area contributed by atoms with Crippen molar-refractivity contribution in [3.63, 3.8) is 0 Å². The molecule has 50 valence electrons. The minimum Gasteiger partial charge on any atom is -0.376 e. The molecule has 0 fully saturated rings. The molecule has 0 spiro atoms. The number of hydrogen-bond donors (Lipinski definition) is 2. The van der Waals surface area contributed by atoms with Gasteiger partial charge in [0.25, 0.3) is 0 Å². The van der Waals surface area contributed by atoms with Crippen LogP contribution in [-0.4, -0.2) is 25.8 Å². The summed E-state index contributed by atoms with van der Waals surface area (Å²) in [6.45, 7) is 2.83. The quantitative estimate of drug-likeness (QED) is 0.515. The second-order valence-corrected chi connectivity index (χ2v) is 2.06. The number of ether oxygens (including phenoxy) is 1. The van der Waals surface area contributed by atoms with Crippen molar-refractivity contribution in [3.05, 3.63) is 0 Å². The van der Waals surface area contributed by atoms with Crippen molar-refractivity contribution in [2.45, 2.75) is 12.5 Å². The molecule has 0 atom stereocenters. The fraction of sp³-hybridized carbons (Fsp3) is 1.00. The van der Waals surface area contributed by atoms with E-state index in [1.54, 1.807) is 7.11 Å². The van der Waals surface area contributed by atoms with Crippen LogP contribution in [0, 0.1) is 0 Å². The van der Waals surface area contributed by atoms with Crippen LogP contribution in [0.3, 0.4) is 0 Å². The van der Waals surface area contributed by atoms with E-state index in [9.17, 15) is 0 Å². The minimum atomic E-state index is -0.319. The molecule has 0 radical (unpaired) electrons. The van der Waals surface area contributed by atoms with Gasteiger partial charge < -0.3 is 16.2 Å². The molecule has 8 heavy (non-hydrogen) atoms. The Bertz CT molecular complexity index is 53.2. The zero-order valence-corrected chi connectivity index (χ0v) is 5.48. The highest BCUT2D eigenvalue weighted by atomic mass is 16.5. The second kappa shape index (κ2) is 3.02. The molecule has 3 heteroatoms. The smallest absolute Gasteiger partial charge is 0.0893 e. The molecule has 0 saturated carbocycles. The van der Waals surface area contributed by atoms with Crippen molar-refractivity contribution in [2.75, 3.05) is 20.2 Å². The van der Waals surface area contributed by atoms with Gasteiger partial charge in [-0.25, -0.2) is 0 Å². The fourth-order valence-corrected chi connectivity index (χ4v) is 0.250. The van der Waals surface area contributed by atoms with Crippen LogP contribution < -0.4 is 11.5 Å². The van der Waals surface area contributed by atoms with Gasteiger partial charge in [-0.2, -0.15) is 0 Å². The SMILES string of the molecule is COC(C)(CN)CN. The molecule has 0 aliphatic carbocycles. The Morgan fingerprint density at radius 2 is 1.75 bits per heavy atom. The number of rotatable bonds is 3. The Balaban J connectivity index is 3.58. The number of methoxy groups -OCH3 is 1. The Hall–Kier alpha value is -0.120. The zero-order valence-electron chi connectivity index (χ0n) is 5.48. The Morgan fingerprint density at radius 1 is 1.38 bits per heavy atom. The molecule has 0 heterocycles. The van der Waals surface area contributed by atoms with Crippen molar-refractivity contribution in [1.82, 2.24) is 0 Å². The van der Waals surface area contributed by atoms with E-state index < -0.39 is 0 Å². The Labute approximate surface area is 50.0 Å². The molecule has 4 N–H and O–H groups in total. The average Bonchev–Trinajstić information content (AvgIpc) is 1.87. The van der Waals surface area contributed by atoms with Gasteiger partial charge in [0, 0.05) is 20.2 Å². The third-order valence-electron chi connectivity index (χ3n) is 1.36. The van der Waals surface area contributed by atoms with E-state index in [1.165, 1.54) is 0 Å². The number of nitrogens with two attached hydrogens (primary N) is 2. The van der Waals surface area contributed by atoms with Crippen LogP contribution in [-0.2, 0) is 4.74 Å². The minimum absolute atomic E-state index is 0.319. The average molecular weight is 118 g/mol. The molecule has 0 aliphatic rings. The van der Waals surface area contributed by atoms with E-state index >= 15 is 0 Å². The molecular formula is C5H14N2O. The molecule has 0 aromatic rings. The molecule has 0 aromatic carbocycles. The van der Waals surface area contributed by atoms with E-state index in [2.05, 4.69) is 0 Å². The van der Waals surface area contributed by atoms with Crippen LogP contribution >= 0.6 is 0 Å². The molecule has 0 saturated heterocycles. The molecule has 3 nitrogen and oxygen atoms in total. The van der Waals surface area contributed by atoms with E-state index in [-0.39, 0.29) is 5.60 Å². The van der Waals surface area contributed by atoms with Crippen LogP contribution in [0.2, 0.25) is 0 Å². The van der Waals surface area contributed by atoms with Gasteiger partial charge in [-0.15, -0.1) is 0 Å². The van der Waals surface area contributed by atoms with E-state index in [0.717, 1.165) is 0 Å². The number of hydrogen-bond acceptors (Lipinski definition) is 3. The van der Waals surface area contributed by atoms with Crippen molar-refractivity contribution in [2.24, 2.45) is 11.5 Å². The maximum Gasteiger partial charge on any atom is 0.0893 e. The summed E-state index contributed by atoms with van der Waals surface area (Å²) in [4.78, 5) is 0. The van der Waals surface area contributed by atoms with Gasteiger partial charge in [-0.1, -0.05) is 0 Å². The topological polar surface area (TPSA) is 61.3 Å². The lowest BCUT2D eigenvalue weighted by Gasteiger charge is -2.23. The summed E-state index contributed by atoms with van der Waals surface area (Å²) >= 11 is 0. The van der Waals surface area contributed by atoms with Gasteiger partial charge in [0.2, 0.25) is 0 Å². The van der Waals surface area contributed by atoms with Gasteiger partial charge in [0.1, 0.15) is 0 Å². The highest BCUT2D eigenvalue weighted by Gasteiger charge is 2.17. The summed E-state index contributed by atoms with van der Waals surface area (Å²) in [7, 11) is 1.61. The monoisotopic (exact) mass is 118 g/mol. The first-order valence-electron chi connectivity index (χ1n) is 2.64. The third-order valence-corrected chi connectivity index (χ3v) is 1.36. The lowest BCUT2D eigenvalue weighted by atomic mass is 10.1. The largest absolute Gasteiger partial charge is 0.376 e. The van der Waals surface area contributed by atoms with Gasteiger partial charge in [0.15, 0.2) is 0 Å². The maximum absolute atomic E-state index is 5.32. The highest BCUT2D eigenvalue weighted by molar-refractivity contribution is 4.75. The molecule has 0 unspecified atom stereocenters. The van der Waals surface area contributed by atoms with E-state index in [4.69, 9.17) is 16.2 Å². The van der Waals surface area contributed by atoms with E-state index in [0.29, 0.717) is 13.1 Å². The standard InChI is InChI=1S/C5H14N2O/c1-5(3-6,4-7)8-2/h3-4,6-7H2,1-2H3. The van der Waals surface area contributed by atoms with E-state index in [1.807, 2.05) is 6.92 Å². The maximum atomic E-state index is 5.32. The third kappa shape index (κ3) is 1.78. The first kappa shape index (κ1) is 7.88. The summed E-state index contributed by atoms with van der Waals surface area (Å²) in [5.74, 6) is 0. The van der Waals surface area contributed by atoms with Crippen LogP contribution in [0.1, 0.15) is 6.92 Å². The molecular weight excluding hydrogens is 104 g/mol. The normalized spacial score (nSPS) is 12.0. The molecule has 0 aromatic heterocycles. The predicted octanol–water partition coefficient (Wildman–Crippen LogP) is -0.691. The molecule has 0 bridgehead atoms. The van der Waals surface area contributed by atoms with Crippen molar-refractivity contribution in [1.29, 1.82) is 0 Å². The van der Waals surface area contributed by atoms with Crippen molar-refractivity contribution >= 4 is 0 Å². The predicted molar refractivity (Wildman–Crippen MR) is 33.5 cm³/mol. The fourth-order valence-electron chi connectivity index (χ4n) is 0.250. The van der Waals surface area contributed by atoms with Crippen molar-refractivity contribution in [3.8, 4) is 0 Å². The van der Waals surface area contributed by atoms with Crippen molar-refractivity contribution < 1.29 is 4.74 Å². The van der Waals surface area contributed by atoms with Gasteiger partial charge in [0.05, 0.1) is 5.60 Å². The molecule has 0 amide bonds. The van der Waals surface area contributed by atoms with Crippen LogP contribution in [0.5, 0.6) is 0 Å². The highest BCUT2D eigenvalue weighted by Crippen LogP contribution is 2.01. The summed E-state index contributed by atoms with van der Waals surface area (Å²) in [5, 5.41) is 0. The summed E-state index contributed by atoms with van der Waals surface area (Å²) in [6, 6.07) is 0. The summed E-state index contributed by atoms with van der Waals surface area (Å²) in [6.07, 6.45) is 0. The summed E-state index contributed by atoms with van der Waals surface area (Å²) < 4.78 is 4.99. The Morgan fingerprint density at radius 3 is 1.75 bits per heavy atom. The Kier molecular flexibility index (Phi) is 2.97. The molecule has 0 aliphatic heterocycles. The second-order valence-electron chi connectivity index (χ2n) is 2.06. The first-order chi connectivity index (χ1) is 3.68. The van der Waals surface area contributed by atoms with Gasteiger partial charge in [-0.3, -0.25) is 0 Å². The molecule has 0 rings (SSSR count). The summed E-state index contributed by atoms with van der Waals surface area (Å²) in [5.41, 5.74) is 10.3. The lowest BCUT2D eigenvalue weighted by molar-refractivity contribution is 0.0218.